The number of nitrogens with two attached hydrogens (primary N) is 1. The van der Waals surface area contributed by atoms with Crippen LogP contribution in [-0.2, 0) is 4.74 Å². The molecular weight excluding hydrogens is 355 g/mol. The number of ether oxygens (including phenoxy) is 2. The average Bonchev–Trinajstić information content (AvgIpc) is 2.45. The second kappa shape index (κ2) is 5.49. The van der Waals surface area contributed by atoms with Gasteiger partial charge in [-0.2, -0.15) is 0 Å². The Balaban J connectivity index is 2.11. The van der Waals surface area contributed by atoms with Crippen LogP contribution in [0.15, 0.2) is 34.8 Å². The molecule has 2 aromatic carbocycles. The van der Waals surface area contributed by atoms with Gasteiger partial charge >= 0.3 is 0 Å². The predicted octanol–water partition coefficient (Wildman–Crippen LogP) is 3.44. The van der Waals surface area contributed by atoms with Crippen LogP contribution in [0.1, 0.15) is 17.0 Å². The smallest absolute Gasteiger partial charge is 0.279 e. The van der Waals surface area contributed by atoms with E-state index in [1.54, 1.807) is 6.07 Å². The summed E-state index contributed by atoms with van der Waals surface area (Å²) in [4.78, 5) is 0. The highest BCUT2D eigenvalue weighted by atomic mass is 79.9. The van der Waals surface area contributed by atoms with E-state index in [2.05, 4.69) is 15.9 Å². The molecule has 2 aromatic rings. The number of halogens is 2. The molecule has 1 heterocycles. The molecule has 0 saturated carbocycles. The molecule has 5 nitrogen and oxygen atoms in total. The molecule has 1 atom stereocenters. The van der Waals surface area contributed by atoms with E-state index in [0.29, 0.717) is 17.1 Å². The van der Waals surface area contributed by atoms with Crippen molar-refractivity contribution < 1.29 is 19.0 Å². The molecule has 0 amide bonds. The van der Waals surface area contributed by atoms with Crippen LogP contribution >= 0.6 is 15.9 Å². The number of phenolic OH excluding ortho intramolecular Hbond substituents is 1. The number of phenols is 1. The summed E-state index contributed by atoms with van der Waals surface area (Å²) >= 11 is 3.39. The van der Waals surface area contributed by atoms with E-state index in [1.165, 1.54) is 6.07 Å². The molecule has 1 aliphatic rings. The second-order valence-electron chi connectivity index (χ2n) is 4.85. The first-order valence-corrected chi connectivity index (χ1v) is 7.21. The van der Waals surface area contributed by atoms with Gasteiger partial charge in [0.15, 0.2) is 11.6 Å². The molecule has 3 rings (SSSR count). The fraction of sp³-hybridized carbons (Fsp3) is 0.133. The van der Waals surface area contributed by atoms with Crippen LogP contribution in [0.4, 0.5) is 4.39 Å². The Hall–Kier alpha value is -2.28. The predicted molar refractivity (Wildman–Crippen MR) is 82.0 cm³/mol. The Morgan fingerprint density at radius 1 is 1.32 bits per heavy atom. The molecule has 1 unspecified atom stereocenters. The highest BCUT2D eigenvalue weighted by Crippen LogP contribution is 2.46. The lowest BCUT2D eigenvalue weighted by atomic mass is 9.88. The number of rotatable bonds is 2. The SMILES string of the molecule is N=C(N)OCC1c2cc(Br)ccc2Oc2cc(F)c(O)cc21. The van der Waals surface area contributed by atoms with E-state index >= 15 is 0 Å². The highest BCUT2D eigenvalue weighted by molar-refractivity contribution is 9.10. The summed E-state index contributed by atoms with van der Waals surface area (Å²) in [6, 6.07) is 7.46. The number of aromatic hydroxyl groups is 1. The van der Waals surface area contributed by atoms with Crippen LogP contribution in [-0.4, -0.2) is 17.7 Å². The van der Waals surface area contributed by atoms with Gasteiger partial charge in [-0.15, -0.1) is 0 Å². The summed E-state index contributed by atoms with van der Waals surface area (Å²) in [6.07, 6.45) is 0. The van der Waals surface area contributed by atoms with E-state index < -0.39 is 17.6 Å². The molecule has 4 N–H and O–H groups in total. The molecule has 0 bridgehead atoms. The molecule has 0 fully saturated rings. The fourth-order valence-electron chi connectivity index (χ4n) is 2.44. The van der Waals surface area contributed by atoms with Gasteiger partial charge in [0, 0.05) is 21.7 Å². The van der Waals surface area contributed by atoms with E-state index in [9.17, 15) is 9.50 Å². The first kappa shape index (κ1) is 14.6. The van der Waals surface area contributed by atoms with Crippen LogP contribution in [0, 0.1) is 11.2 Å². The third-order valence-corrected chi connectivity index (χ3v) is 3.92. The van der Waals surface area contributed by atoms with Gasteiger partial charge in [0.25, 0.3) is 6.02 Å². The Bertz CT molecular complexity index is 767. The Kier molecular flexibility index (Phi) is 3.66. The molecule has 114 valence electrons. The Morgan fingerprint density at radius 2 is 2.05 bits per heavy atom. The van der Waals surface area contributed by atoms with E-state index in [0.717, 1.165) is 16.1 Å². The molecule has 0 aromatic heterocycles. The normalized spacial score (nSPS) is 15.5. The lowest BCUT2D eigenvalue weighted by Gasteiger charge is -2.28. The molecule has 0 saturated heterocycles. The summed E-state index contributed by atoms with van der Waals surface area (Å²) in [5.41, 5.74) is 6.62. The molecular formula is C15H12BrFN2O3. The van der Waals surface area contributed by atoms with Gasteiger partial charge < -0.3 is 20.3 Å². The van der Waals surface area contributed by atoms with Crippen molar-refractivity contribution in [3.05, 3.63) is 51.7 Å². The van der Waals surface area contributed by atoms with Gasteiger partial charge in [-0.1, -0.05) is 15.9 Å². The zero-order valence-corrected chi connectivity index (χ0v) is 12.9. The molecule has 22 heavy (non-hydrogen) atoms. The third-order valence-electron chi connectivity index (χ3n) is 3.43. The lowest BCUT2D eigenvalue weighted by Crippen LogP contribution is -2.21. The second-order valence-corrected chi connectivity index (χ2v) is 5.77. The fourth-order valence-corrected chi connectivity index (χ4v) is 2.82. The summed E-state index contributed by atoms with van der Waals surface area (Å²) in [6.45, 7) is 0.0836. The minimum Gasteiger partial charge on any atom is -0.505 e. The summed E-state index contributed by atoms with van der Waals surface area (Å²) in [7, 11) is 0. The number of hydrogen-bond acceptors (Lipinski definition) is 4. The van der Waals surface area contributed by atoms with E-state index in [-0.39, 0.29) is 12.5 Å². The van der Waals surface area contributed by atoms with Gasteiger partial charge in [-0.3, -0.25) is 5.41 Å². The lowest BCUT2D eigenvalue weighted by molar-refractivity contribution is 0.273. The van der Waals surface area contributed by atoms with Gasteiger partial charge in [0.1, 0.15) is 18.1 Å². The zero-order chi connectivity index (χ0) is 15.9. The van der Waals surface area contributed by atoms with Crippen molar-refractivity contribution in [1.82, 2.24) is 0 Å². The van der Waals surface area contributed by atoms with Crippen LogP contribution < -0.4 is 10.5 Å². The van der Waals surface area contributed by atoms with Crippen molar-refractivity contribution in [1.29, 1.82) is 5.41 Å². The summed E-state index contributed by atoms with van der Waals surface area (Å²) < 4.78 is 25.2. The van der Waals surface area contributed by atoms with E-state index in [1.807, 2.05) is 12.1 Å². The first-order valence-electron chi connectivity index (χ1n) is 6.42. The Labute approximate surface area is 134 Å². The number of amidine groups is 1. The van der Waals surface area contributed by atoms with Crippen LogP contribution in [0.25, 0.3) is 0 Å². The number of benzene rings is 2. The Morgan fingerprint density at radius 3 is 2.77 bits per heavy atom. The maximum atomic E-state index is 13.6. The zero-order valence-electron chi connectivity index (χ0n) is 11.3. The number of fused-ring (bicyclic) bond motifs is 2. The topological polar surface area (TPSA) is 88.6 Å². The van der Waals surface area contributed by atoms with Gasteiger partial charge in [0.05, 0.1) is 5.92 Å². The van der Waals surface area contributed by atoms with Gasteiger partial charge in [-0.05, 0) is 24.3 Å². The third kappa shape index (κ3) is 2.59. The van der Waals surface area contributed by atoms with Gasteiger partial charge in [-0.25, -0.2) is 4.39 Å². The monoisotopic (exact) mass is 366 g/mol. The van der Waals surface area contributed by atoms with Crippen molar-refractivity contribution in [2.75, 3.05) is 6.61 Å². The molecule has 0 aliphatic carbocycles. The average molecular weight is 367 g/mol. The molecule has 7 heteroatoms. The van der Waals surface area contributed by atoms with Gasteiger partial charge in [0.2, 0.25) is 0 Å². The molecule has 1 aliphatic heterocycles. The molecule has 0 radical (unpaired) electrons. The maximum Gasteiger partial charge on any atom is 0.279 e. The minimum atomic E-state index is -0.759. The van der Waals surface area contributed by atoms with Crippen molar-refractivity contribution >= 4 is 22.0 Å². The summed E-state index contributed by atoms with van der Waals surface area (Å²) in [5, 5.41) is 16.8. The van der Waals surface area contributed by atoms with E-state index in [4.69, 9.17) is 20.6 Å². The van der Waals surface area contributed by atoms with Crippen LogP contribution in [0.2, 0.25) is 0 Å². The largest absolute Gasteiger partial charge is 0.505 e. The molecule has 0 spiro atoms. The van der Waals surface area contributed by atoms with Crippen molar-refractivity contribution in [2.24, 2.45) is 5.73 Å². The first-order chi connectivity index (χ1) is 10.5. The van der Waals surface area contributed by atoms with Crippen molar-refractivity contribution in [3.63, 3.8) is 0 Å². The van der Waals surface area contributed by atoms with Crippen molar-refractivity contribution in [2.45, 2.75) is 5.92 Å². The van der Waals surface area contributed by atoms with Crippen LogP contribution in [0.3, 0.4) is 0 Å². The standard InChI is InChI=1S/C15H12BrFN2O3/c16-7-1-2-13-8(3-7)10(6-21-15(18)19)9-4-12(20)11(17)5-14(9)22-13/h1-5,10,20H,6H2,(H3,18,19). The maximum absolute atomic E-state index is 13.6. The number of hydrogen-bond donors (Lipinski definition) is 3. The highest BCUT2D eigenvalue weighted by Gasteiger charge is 2.30. The quantitative estimate of drug-likeness (QED) is 0.561. The minimum absolute atomic E-state index is 0.0836. The van der Waals surface area contributed by atoms with Crippen molar-refractivity contribution in [3.8, 4) is 17.2 Å². The van der Waals surface area contributed by atoms with Crippen LogP contribution in [0.5, 0.6) is 17.2 Å². The number of nitrogens with one attached hydrogen (secondary N) is 1. The summed E-state index contributed by atoms with van der Waals surface area (Å²) in [5.74, 6) is -0.689.